The zero-order chi connectivity index (χ0) is 12.8. The lowest BCUT2D eigenvalue weighted by Crippen LogP contribution is -2.33. The van der Waals surface area contributed by atoms with E-state index in [1.165, 1.54) is 12.3 Å². The lowest BCUT2D eigenvalue weighted by atomic mass is 10.2. The molecule has 0 aromatic carbocycles. The van der Waals surface area contributed by atoms with Gasteiger partial charge in [0.2, 0.25) is 0 Å². The molecule has 2 nitrogen and oxygen atoms in total. The first kappa shape index (κ1) is 14.2. The predicted molar refractivity (Wildman–Crippen MR) is 71.2 cm³/mol. The van der Waals surface area contributed by atoms with Crippen molar-refractivity contribution in [2.45, 2.75) is 46.1 Å². The standard InChI is InChI=1S/C13H20ClFN2/c1-4-5-6-7-17(10(2)3)13-12(15)8-11(14)9-16-13/h8-10H,4-7H2,1-3H3. The van der Waals surface area contributed by atoms with Crippen LogP contribution in [0.1, 0.15) is 40.0 Å². The minimum absolute atomic E-state index is 0.232. The van der Waals surface area contributed by atoms with Gasteiger partial charge in [0.05, 0.1) is 5.02 Å². The minimum atomic E-state index is -0.345. The van der Waals surface area contributed by atoms with Crippen LogP contribution in [0, 0.1) is 5.82 Å². The van der Waals surface area contributed by atoms with E-state index in [2.05, 4.69) is 11.9 Å². The van der Waals surface area contributed by atoms with Crippen molar-refractivity contribution in [2.75, 3.05) is 11.4 Å². The van der Waals surface area contributed by atoms with Crippen molar-refractivity contribution >= 4 is 17.4 Å². The summed E-state index contributed by atoms with van der Waals surface area (Å²) >= 11 is 5.71. The van der Waals surface area contributed by atoms with E-state index in [1.807, 2.05) is 18.7 Å². The Morgan fingerprint density at radius 1 is 1.41 bits per heavy atom. The minimum Gasteiger partial charge on any atom is -0.352 e. The molecule has 4 heteroatoms. The van der Waals surface area contributed by atoms with Crippen LogP contribution in [-0.2, 0) is 0 Å². The molecule has 0 unspecified atom stereocenters. The molecule has 1 rings (SSSR count). The first-order valence-corrected chi connectivity index (χ1v) is 6.51. The molecule has 0 aliphatic rings. The van der Waals surface area contributed by atoms with Gasteiger partial charge in [-0.25, -0.2) is 9.37 Å². The summed E-state index contributed by atoms with van der Waals surface area (Å²) in [6, 6.07) is 1.55. The molecule has 96 valence electrons. The third kappa shape index (κ3) is 4.15. The van der Waals surface area contributed by atoms with Crippen molar-refractivity contribution in [1.82, 2.24) is 4.98 Å². The number of halogens is 2. The Bertz CT molecular complexity index is 355. The molecule has 0 atom stereocenters. The van der Waals surface area contributed by atoms with Crippen LogP contribution in [0.3, 0.4) is 0 Å². The second kappa shape index (κ2) is 6.80. The van der Waals surface area contributed by atoms with Crippen molar-refractivity contribution in [2.24, 2.45) is 0 Å². The van der Waals surface area contributed by atoms with Gasteiger partial charge in [-0.3, -0.25) is 0 Å². The fourth-order valence-electron chi connectivity index (χ4n) is 1.76. The van der Waals surface area contributed by atoms with Gasteiger partial charge in [-0.05, 0) is 26.3 Å². The van der Waals surface area contributed by atoms with Crippen molar-refractivity contribution in [3.05, 3.63) is 23.1 Å². The van der Waals surface area contributed by atoms with E-state index in [1.54, 1.807) is 0 Å². The molecule has 0 saturated carbocycles. The van der Waals surface area contributed by atoms with Gasteiger partial charge in [-0.15, -0.1) is 0 Å². The van der Waals surface area contributed by atoms with Crippen LogP contribution >= 0.6 is 11.6 Å². The Kier molecular flexibility index (Phi) is 5.69. The van der Waals surface area contributed by atoms with Crippen LogP contribution < -0.4 is 4.90 Å². The zero-order valence-electron chi connectivity index (χ0n) is 10.7. The first-order chi connectivity index (χ1) is 8.06. The Hall–Kier alpha value is -0.830. The molecule has 0 saturated heterocycles. The normalized spacial score (nSPS) is 10.9. The second-order valence-corrected chi connectivity index (χ2v) is 4.89. The van der Waals surface area contributed by atoms with E-state index in [0.29, 0.717) is 10.8 Å². The summed E-state index contributed by atoms with van der Waals surface area (Å²) in [4.78, 5) is 6.08. The molecule has 0 fully saturated rings. The quantitative estimate of drug-likeness (QED) is 0.708. The van der Waals surface area contributed by atoms with Gasteiger partial charge in [-0.2, -0.15) is 0 Å². The van der Waals surface area contributed by atoms with Gasteiger partial charge in [0.15, 0.2) is 11.6 Å². The molecular weight excluding hydrogens is 239 g/mol. The van der Waals surface area contributed by atoms with Crippen LogP contribution in [0.5, 0.6) is 0 Å². The van der Waals surface area contributed by atoms with Crippen molar-refractivity contribution in [3.8, 4) is 0 Å². The van der Waals surface area contributed by atoms with Gasteiger partial charge < -0.3 is 4.90 Å². The predicted octanol–water partition coefficient (Wildman–Crippen LogP) is 4.28. The Balaban J connectivity index is 2.82. The number of pyridine rings is 1. The summed E-state index contributed by atoms with van der Waals surface area (Å²) < 4.78 is 13.8. The van der Waals surface area contributed by atoms with E-state index in [0.717, 1.165) is 25.8 Å². The molecule has 0 bridgehead atoms. The summed E-state index contributed by atoms with van der Waals surface area (Å²) in [7, 11) is 0. The SMILES string of the molecule is CCCCCN(c1ncc(Cl)cc1F)C(C)C. The van der Waals surface area contributed by atoms with Gasteiger partial charge in [0.1, 0.15) is 0 Å². The maximum Gasteiger partial charge on any atom is 0.167 e. The lowest BCUT2D eigenvalue weighted by molar-refractivity contribution is 0.574. The molecule has 0 spiro atoms. The van der Waals surface area contributed by atoms with E-state index >= 15 is 0 Å². The summed E-state index contributed by atoms with van der Waals surface area (Å²) in [5.74, 6) is 0.0585. The number of hydrogen-bond donors (Lipinski definition) is 0. The van der Waals surface area contributed by atoms with E-state index < -0.39 is 0 Å². The van der Waals surface area contributed by atoms with Crippen molar-refractivity contribution in [1.29, 1.82) is 0 Å². The lowest BCUT2D eigenvalue weighted by Gasteiger charge is -2.28. The molecule has 0 N–H and O–H groups in total. The number of unbranched alkanes of at least 4 members (excludes halogenated alkanes) is 2. The molecule has 0 radical (unpaired) electrons. The number of anilines is 1. The Morgan fingerprint density at radius 2 is 2.12 bits per heavy atom. The van der Waals surface area contributed by atoms with Gasteiger partial charge in [0, 0.05) is 18.8 Å². The largest absolute Gasteiger partial charge is 0.352 e. The average Bonchev–Trinajstić information content (AvgIpc) is 2.25. The van der Waals surface area contributed by atoms with Gasteiger partial charge in [0.25, 0.3) is 0 Å². The topological polar surface area (TPSA) is 16.1 Å². The average molecular weight is 259 g/mol. The summed E-state index contributed by atoms with van der Waals surface area (Å²) in [5, 5.41) is 0.337. The van der Waals surface area contributed by atoms with Crippen molar-refractivity contribution < 1.29 is 4.39 Å². The highest BCUT2D eigenvalue weighted by Gasteiger charge is 2.16. The first-order valence-electron chi connectivity index (χ1n) is 6.14. The second-order valence-electron chi connectivity index (χ2n) is 4.45. The highest BCUT2D eigenvalue weighted by molar-refractivity contribution is 6.30. The van der Waals surface area contributed by atoms with Crippen LogP contribution in [0.25, 0.3) is 0 Å². The third-order valence-electron chi connectivity index (χ3n) is 2.69. The number of rotatable bonds is 6. The van der Waals surface area contributed by atoms with E-state index in [-0.39, 0.29) is 11.9 Å². The Labute approximate surface area is 108 Å². The number of hydrogen-bond acceptors (Lipinski definition) is 2. The summed E-state index contributed by atoms with van der Waals surface area (Å²) in [6.07, 6.45) is 4.86. The monoisotopic (exact) mass is 258 g/mol. The summed E-state index contributed by atoms with van der Waals surface area (Å²) in [6.45, 7) is 7.07. The molecule has 0 aliphatic carbocycles. The smallest absolute Gasteiger partial charge is 0.167 e. The maximum atomic E-state index is 13.8. The molecule has 0 amide bonds. The van der Waals surface area contributed by atoms with E-state index in [4.69, 9.17) is 11.6 Å². The fourth-order valence-corrected chi connectivity index (χ4v) is 1.90. The molecule has 1 aromatic heterocycles. The summed E-state index contributed by atoms with van der Waals surface area (Å²) in [5.41, 5.74) is 0. The molecular formula is C13H20ClFN2. The number of nitrogens with zero attached hydrogens (tertiary/aromatic N) is 2. The van der Waals surface area contributed by atoms with Crippen LogP contribution in [0.4, 0.5) is 10.2 Å². The van der Waals surface area contributed by atoms with Crippen LogP contribution in [0.2, 0.25) is 5.02 Å². The van der Waals surface area contributed by atoms with Gasteiger partial charge >= 0.3 is 0 Å². The molecule has 1 aromatic rings. The van der Waals surface area contributed by atoms with Crippen molar-refractivity contribution in [3.63, 3.8) is 0 Å². The van der Waals surface area contributed by atoms with Gasteiger partial charge in [-0.1, -0.05) is 31.4 Å². The fraction of sp³-hybridized carbons (Fsp3) is 0.615. The van der Waals surface area contributed by atoms with Crippen LogP contribution in [0.15, 0.2) is 12.3 Å². The van der Waals surface area contributed by atoms with E-state index in [9.17, 15) is 4.39 Å². The molecule has 17 heavy (non-hydrogen) atoms. The Morgan fingerprint density at radius 3 is 2.65 bits per heavy atom. The number of aromatic nitrogens is 1. The van der Waals surface area contributed by atoms with Crippen LogP contribution in [-0.4, -0.2) is 17.6 Å². The zero-order valence-corrected chi connectivity index (χ0v) is 11.5. The molecule has 1 heterocycles. The highest BCUT2D eigenvalue weighted by atomic mass is 35.5. The third-order valence-corrected chi connectivity index (χ3v) is 2.89. The highest BCUT2D eigenvalue weighted by Crippen LogP contribution is 2.22. The molecule has 0 aliphatic heterocycles. The maximum absolute atomic E-state index is 13.8.